The molecule has 3 heterocycles. The summed E-state index contributed by atoms with van der Waals surface area (Å²) in [5.74, 6) is 2.84. The SMILES string of the molecule is Cc1ccnc(Nc2cc(N3CCN(C(=O)C(c4ccccc4)c4ccccc4)CC3)nc(C)n2)c1. The molecule has 0 radical (unpaired) electrons. The Morgan fingerprint density at radius 2 is 1.44 bits per heavy atom. The van der Waals surface area contributed by atoms with Gasteiger partial charge in [0, 0.05) is 38.4 Å². The molecule has 36 heavy (non-hydrogen) atoms. The fraction of sp³-hybridized carbons (Fsp3) is 0.241. The minimum Gasteiger partial charge on any atom is -0.353 e. The normalized spacial score (nSPS) is 13.6. The van der Waals surface area contributed by atoms with Crippen LogP contribution in [-0.2, 0) is 4.79 Å². The molecule has 0 unspecified atom stereocenters. The number of anilines is 3. The van der Waals surface area contributed by atoms with Gasteiger partial charge in [-0.15, -0.1) is 0 Å². The fourth-order valence-corrected chi connectivity index (χ4v) is 4.62. The number of hydrogen-bond acceptors (Lipinski definition) is 6. The Kier molecular flexibility index (Phi) is 6.89. The van der Waals surface area contributed by atoms with Crippen LogP contribution >= 0.6 is 0 Å². The summed E-state index contributed by atoms with van der Waals surface area (Å²) in [5.41, 5.74) is 3.16. The molecular weight excluding hydrogens is 448 g/mol. The minimum absolute atomic E-state index is 0.138. The summed E-state index contributed by atoms with van der Waals surface area (Å²) in [6.45, 7) is 6.62. The van der Waals surface area contributed by atoms with Crippen molar-refractivity contribution in [2.24, 2.45) is 0 Å². The van der Waals surface area contributed by atoms with Gasteiger partial charge in [-0.2, -0.15) is 0 Å². The molecule has 1 amide bonds. The van der Waals surface area contributed by atoms with Crippen molar-refractivity contribution in [2.45, 2.75) is 19.8 Å². The van der Waals surface area contributed by atoms with E-state index in [1.807, 2.05) is 97.6 Å². The van der Waals surface area contributed by atoms with Gasteiger partial charge in [-0.25, -0.2) is 15.0 Å². The predicted octanol–water partition coefficient (Wildman–Crippen LogP) is 4.71. The van der Waals surface area contributed by atoms with Crippen molar-refractivity contribution in [3.63, 3.8) is 0 Å². The summed E-state index contributed by atoms with van der Waals surface area (Å²) >= 11 is 0. The molecule has 0 saturated carbocycles. The molecule has 2 aromatic heterocycles. The van der Waals surface area contributed by atoms with Gasteiger partial charge in [0.25, 0.3) is 0 Å². The van der Waals surface area contributed by atoms with Crippen LogP contribution in [0.4, 0.5) is 17.5 Å². The molecule has 1 saturated heterocycles. The number of nitrogens with zero attached hydrogens (tertiary/aromatic N) is 5. The van der Waals surface area contributed by atoms with Gasteiger partial charge in [-0.1, -0.05) is 60.7 Å². The zero-order chi connectivity index (χ0) is 24.9. The molecule has 0 aliphatic carbocycles. The van der Waals surface area contributed by atoms with Crippen LogP contribution in [0.3, 0.4) is 0 Å². The third-order valence-electron chi connectivity index (χ3n) is 6.42. The lowest BCUT2D eigenvalue weighted by Gasteiger charge is -2.37. The van der Waals surface area contributed by atoms with Crippen LogP contribution in [0.25, 0.3) is 0 Å². The molecular formula is C29H30N6O. The summed E-state index contributed by atoms with van der Waals surface area (Å²) in [6.07, 6.45) is 1.78. The highest BCUT2D eigenvalue weighted by atomic mass is 16.2. The smallest absolute Gasteiger partial charge is 0.234 e. The number of benzene rings is 2. The molecule has 7 nitrogen and oxygen atoms in total. The predicted molar refractivity (Wildman–Crippen MR) is 143 cm³/mol. The van der Waals surface area contributed by atoms with Crippen LogP contribution < -0.4 is 10.2 Å². The zero-order valence-electron chi connectivity index (χ0n) is 20.6. The lowest BCUT2D eigenvalue weighted by Crippen LogP contribution is -2.50. The van der Waals surface area contributed by atoms with Crippen LogP contribution in [-0.4, -0.2) is 51.9 Å². The third kappa shape index (κ3) is 5.35. The van der Waals surface area contributed by atoms with E-state index in [4.69, 9.17) is 0 Å². The highest BCUT2D eigenvalue weighted by Crippen LogP contribution is 2.28. The van der Waals surface area contributed by atoms with Crippen molar-refractivity contribution in [1.82, 2.24) is 19.9 Å². The molecule has 4 aromatic rings. The minimum atomic E-state index is -0.308. The molecule has 1 aliphatic heterocycles. The standard InChI is InChI=1S/C29H30N6O/c1-21-13-14-30-25(19-21)33-26-20-27(32-22(2)31-26)34-15-17-35(18-16-34)29(36)28(23-9-5-3-6-10-23)24-11-7-4-8-12-24/h3-14,19-20,28H,15-18H2,1-2H3,(H,30,31,32,33). The number of aryl methyl sites for hydroxylation is 2. The van der Waals surface area contributed by atoms with Crippen LogP contribution in [0.2, 0.25) is 0 Å². The van der Waals surface area contributed by atoms with Gasteiger partial charge in [0.05, 0.1) is 5.92 Å². The Bertz CT molecular complexity index is 1280. The third-order valence-corrected chi connectivity index (χ3v) is 6.42. The first-order valence-electron chi connectivity index (χ1n) is 12.3. The molecule has 1 N–H and O–H groups in total. The molecule has 0 bridgehead atoms. The second-order valence-electron chi connectivity index (χ2n) is 9.07. The van der Waals surface area contributed by atoms with Gasteiger partial charge in [0.2, 0.25) is 5.91 Å². The van der Waals surface area contributed by atoms with Gasteiger partial charge >= 0.3 is 0 Å². The summed E-state index contributed by atoms with van der Waals surface area (Å²) in [7, 11) is 0. The molecule has 1 aliphatic rings. The van der Waals surface area contributed by atoms with Crippen molar-refractivity contribution < 1.29 is 4.79 Å². The number of nitrogens with one attached hydrogen (secondary N) is 1. The summed E-state index contributed by atoms with van der Waals surface area (Å²) < 4.78 is 0. The van der Waals surface area contributed by atoms with E-state index >= 15 is 0 Å². The van der Waals surface area contributed by atoms with Gasteiger partial charge < -0.3 is 15.1 Å². The highest BCUT2D eigenvalue weighted by molar-refractivity contribution is 5.87. The number of amides is 1. The number of rotatable bonds is 6. The van der Waals surface area contributed by atoms with Crippen molar-refractivity contribution in [1.29, 1.82) is 0 Å². The van der Waals surface area contributed by atoms with Gasteiger partial charge in [0.15, 0.2) is 0 Å². The second kappa shape index (κ2) is 10.6. The van der Waals surface area contributed by atoms with Gasteiger partial charge in [-0.05, 0) is 42.7 Å². The van der Waals surface area contributed by atoms with Crippen LogP contribution in [0.5, 0.6) is 0 Å². The maximum absolute atomic E-state index is 13.7. The first-order valence-corrected chi connectivity index (χ1v) is 12.3. The number of piperazine rings is 1. The molecule has 5 rings (SSSR count). The quantitative estimate of drug-likeness (QED) is 0.433. The molecule has 7 heteroatoms. The molecule has 0 atom stereocenters. The van der Waals surface area contributed by atoms with E-state index in [1.54, 1.807) is 6.20 Å². The summed E-state index contributed by atoms with van der Waals surface area (Å²) in [6, 6.07) is 26.0. The van der Waals surface area contributed by atoms with Crippen molar-refractivity contribution in [3.05, 3.63) is 108 Å². The Morgan fingerprint density at radius 3 is 2.06 bits per heavy atom. The van der Waals surface area contributed by atoms with Crippen LogP contribution in [0.15, 0.2) is 85.1 Å². The van der Waals surface area contributed by atoms with Crippen molar-refractivity contribution in [3.8, 4) is 0 Å². The number of pyridine rings is 1. The summed E-state index contributed by atoms with van der Waals surface area (Å²) in [5, 5.41) is 3.29. The topological polar surface area (TPSA) is 74.2 Å². The van der Waals surface area contributed by atoms with Crippen LogP contribution in [0, 0.1) is 13.8 Å². The number of carbonyl (C=O) groups excluding carboxylic acids is 1. The number of hydrogen-bond donors (Lipinski definition) is 1. The average Bonchev–Trinajstić information content (AvgIpc) is 2.90. The molecule has 1 fully saturated rings. The van der Waals surface area contributed by atoms with E-state index in [0.29, 0.717) is 37.8 Å². The molecule has 182 valence electrons. The van der Waals surface area contributed by atoms with Crippen molar-refractivity contribution in [2.75, 3.05) is 36.4 Å². The Labute approximate surface area is 211 Å². The van der Waals surface area contributed by atoms with Gasteiger partial charge in [0.1, 0.15) is 23.3 Å². The second-order valence-corrected chi connectivity index (χ2v) is 9.07. The van der Waals surface area contributed by atoms with E-state index in [0.717, 1.165) is 28.3 Å². The lowest BCUT2D eigenvalue weighted by molar-refractivity contribution is -0.132. The first kappa shape index (κ1) is 23.5. The monoisotopic (exact) mass is 478 g/mol. The van der Waals surface area contributed by atoms with E-state index < -0.39 is 0 Å². The fourth-order valence-electron chi connectivity index (χ4n) is 4.62. The molecule has 0 spiro atoms. The van der Waals surface area contributed by atoms with E-state index in [9.17, 15) is 4.79 Å². The Morgan fingerprint density at radius 1 is 0.806 bits per heavy atom. The van der Waals surface area contributed by atoms with E-state index in [2.05, 4.69) is 25.2 Å². The van der Waals surface area contributed by atoms with E-state index in [-0.39, 0.29) is 11.8 Å². The zero-order valence-corrected chi connectivity index (χ0v) is 20.6. The maximum Gasteiger partial charge on any atom is 0.234 e. The highest BCUT2D eigenvalue weighted by Gasteiger charge is 2.30. The average molecular weight is 479 g/mol. The van der Waals surface area contributed by atoms with Gasteiger partial charge in [-0.3, -0.25) is 4.79 Å². The van der Waals surface area contributed by atoms with Crippen molar-refractivity contribution >= 4 is 23.4 Å². The number of carbonyl (C=O) groups is 1. The largest absolute Gasteiger partial charge is 0.353 e. The maximum atomic E-state index is 13.7. The van der Waals surface area contributed by atoms with E-state index in [1.165, 1.54) is 0 Å². The Balaban J connectivity index is 1.30. The molecule has 2 aromatic carbocycles. The lowest BCUT2D eigenvalue weighted by atomic mass is 9.90. The number of aromatic nitrogens is 3. The van der Waals surface area contributed by atoms with Crippen LogP contribution in [0.1, 0.15) is 28.4 Å². The first-order chi connectivity index (χ1) is 17.6. The Hall–Kier alpha value is -4.26. The summed E-state index contributed by atoms with van der Waals surface area (Å²) in [4.78, 5) is 31.5.